The van der Waals surface area contributed by atoms with Crippen molar-refractivity contribution >= 4 is 80.9 Å². The van der Waals surface area contributed by atoms with E-state index in [1.807, 2.05) is 96.4 Å². The summed E-state index contributed by atoms with van der Waals surface area (Å²) in [6.07, 6.45) is 25.8. The van der Waals surface area contributed by atoms with Crippen molar-refractivity contribution in [2.24, 2.45) is 0 Å². The van der Waals surface area contributed by atoms with Gasteiger partial charge in [0.25, 0.3) is 45.9 Å². The van der Waals surface area contributed by atoms with Gasteiger partial charge in [0, 0.05) is 195 Å². The van der Waals surface area contributed by atoms with Crippen LogP contribution in [0.2, 0.25) is 0 Å². The monoisotopic (exact) mass is 1720 g/mol. The fourth-order valence-electron chi connectivity index (χ4n) is 14.9. The number of piperidine rings is 4. The SMILES string of the molecule is CCOc1nccc(-c2c[nH]c(=O)c(NC(=O)c3ccc(N4CCCCC4)cc3)c2)n1.CN(C)CCNc1nccc(-c2c[nH]c(=O)c(NC(=O)c3ccc(N4CCCCC4)cc3)c2)n1.CNc1ccnc(-c2c[nH]c(=O)c(NC(=O)c3ccc(N4CCCCC4)cc3)c2)n1.Cc1cc(-c2c[nH]c(=O)c(NC(=O)c3ccc(N4CCCCC4)cc3)c2)nc(C(C)C)n1. The minimum Gasteiger partial charge on any atom is -0.464 e. The van der Waals surface area contributed by atoms with Gasteiger partial charge < -0.3 is 81.1 Å². The summed E-state index contributed by atoms with van der Waals surface area (Å²) < 4.78 is 5.33. The number of aromatic amines is 4. The Morgan fingerprint density at radius 1 is 0.417 bits per heavy atom. The van der Waals surface area contributed by atoms with Crippen molar-refractivity contribution in [3.8, 4) is 51.2 Å². The lowest BCUT2D eigenvalue weighted by atomic mass is 10.1. The molecule has 0 unspecified atom stereocenters. The number of amides is 4. The van der Waals surface area contributed by atoms with Crippen molar-refractivity contribution in [1.29, 1.82) is 0 Å². The fraction of sp³-hybridized carbons (Fsp3) is 0.326. The van der Waals surface area contributed by atoms with Crippen LogP contribution in [0.3, 0.4) is 0 Å². The highest BCUT2D eigenvalue weighted by molar-refractivity contribution is 6.07. The van der Waals surface area contributed by atoms with Gasteiger partial charge in [-0.3, -0.25) is 38.4 Å². The molecule has 4 fully saturated rings. The van der Waals surface area contributed by atoms with Crippen molar-refractivity contribution in [1.82, 2.24) is 64.7 Å². The second-order valence-corrected chi connectivity index (χ2v) is 31.8. The third-order valence-corrected chi connectivity index (χ3v) is 21.9. The lowest BCUT2D eigenvalue weighted by Crippen LogP contribution is -2.29. The molecule has 16 rings (SSSR count). The lowest BCUT2D eigenvalue weighted by molar-refractivity contribution is 0.101. The number of nitrogens with one attached hydrogen (secondary N) is 10. The number of anilines is 10. The first kappa shape index (κ1) is 90.2. The molecular formula is C95H109N23O9. The van der Waals surface area contributed by atoms with Crippen LogP contribution in [0, 0.1) is 6.92 Å². The topological polar surface area (TPSA) is 400 Å². The molecule has 127 heavy (non-hydrogen) atoms. The Labute approximate surface area is 736 Å². The second kappa shape index (κ2) is 44.2. The fourth-order valence-corrected chi connectivity index (χ4v) is 14.9. The first-order valence-electron chi connectivity index (χ1n) is 43.3. The molecule has 4 aromatic carbocycles. The third-order valence-electron chi connectivity index (χ3n) is 21.9. The summed E-state index contributed by atoms with van der Waals surface area (Å²) in [6, 6.07) is 43.8. The van der Waals surface area contributed by atoms with Crippen LogP contribution in [-0.2, 0) is 0 Å². The van der Waals surface area contributed by atoms with Gasteiger partial charge in [-0.25, -0.2) is 34.9 Å². The van der Waals surface area contributed by atoms with Crippen LogP contribution in [0.15, 0.2) is 208 Å². The maximum absolute atomic E-state index is 12.8. The molecule has 12 aromatic rings. The number of likely N-dealkylation sites (N-methyl/N-ethyl adjacent to an activating group) is 1. The molecule has 12 heterocycles. The Kier molecular flexibility index (Phi) is 31.4. The van der Waals surface area contributed by atoms with Crippen molar-refractivity contribution < 1.29 is 23.9 Å². The number of hydrogen-bond acceptors (Lipinski definition) is 24. The molecule has 4 aliphatic heterocycles. The van der Waals surface area contributed by atoms with Crippen LogP contribution in [0.5, 0.6) is 6.01 Å². The van der Waals surface area contributed by atoms with Crippen molar-refractivity contribution in [2.45, 2.75) is 111 Å². The molecule has 4 aliphatic rings. The summed E-state index contributed by atoms with van der Waals surface area (Å²) in [6.45, 7) is 18.2. The van der Waals surface area contributed by atoms with E-state index in [4.69, 9.17) is 4.74 Å². The lowest BCUT2D eigenvalue weighted by Gasteiger charge is -2.28. The number of benzene rings is 4. The van der Waals surface area contributed by atoms with E-state index in [9.17, 15) is 38.4 Å². The molecule has 0 bridgehead atoms. The number of carbonyl (C=O) groups excluding carboxylic acids is 4. The van der Waals surface area contributed by atoms with E-state index >= 15 is 0 Å². The molecule has 0 atom stereocenters. The molecular weight excluding hydrogens is 1610 g/mol. The quantitative estimate of drug-likeness (QED) is 0.0269. The zero-order valence-corrected chi connectivity index (χ0v) is 72.7. The molecule has 8 aromatic heterocycles. The van der Waals surface area contributed by atoms with E-state index in [2.05, 4.69) is 116 Å². The van der Waals surface area contributed by atoms with Gasteiger partial charge in [0.1, 0.15) is 34.4 Å². The van der Waals surface area contributed by atoms with Gasteiger partial charge in [-0.15, -0.1) is 0 Å². The molecule has 0 aliphatic carbocycles. The van der Waals surface area contributed by atoms with Gasteiger partial charge in [-0.1, -0.05) is 13.8 Å². The normalized spacial score (nSPS) is 13.7. The summed E-state index contributed by atoms with van der Waals surface area (Å²) in [5, 5.41) is 17.0. The molecule has 4 saturated heterocycles. The van der Waals surface area contributed by atoms with Crippen LogP contribution in [0.4, 0.5) is 57.3 Å². The highest BCUT2D eigenvalue weighted by Crippen LogP contribution is 2.30. The van der Waals surface area contributed by atoms with Gasteiger partial charge in [0.2, 0.25) is 5.95 Å². The Hall–Kier alpha value is -14.6. The maximum Gasteiger partial charge on any atom is 0.316 e. The summed E-state index contributed by atoms with van der Waals surface area (Å²) in [5.74, 6) is 1.20. The van der Waals surface area contributed by atoms with Crippen LogP contribution in [-0.4, -0.2) is 182 Å². The Morgan fingerprint density at radius 2 is 0.772 bits per heavy atom. The number of nitrogens with zero attached hydrogens (tertiary/aromatic N) is 13. The molecule has 0 spiro atoms. The van der Waals surface area contributed by atoms with Gasteiger partial charge in [0.15, 0.2) is 5.82 Å². The molecule has 658 valence electrons. The van der Waals surface area contributed by atoms with Gasteiger partial charge in [0.05, 0.1) is 23.7 Å². The first-order chi connectivity index (χ1) is 61.7. The van der Waals surface area contributed by atoms with Crippen LogP contribution in [0.25, 0.3) is 45.2 Å². The number of pyridine rings is 4. The van der Waals surface area contributed by atoms with Crippen LogP contribution < -0.4 is 78.5 Å². The second-order valence-electron chi connectivity index (χ2n) is 31.8. The highest BCUT2D eigenvalue weighted by atomic mass is 16.5. The Bertz CT molecular complexity index is 5980. The van der Waals surface area contributed by atoms with E-state index in [1.165, 1.54) is 83.2 Å². The van der Waals surface area contributed by atoms with Gasteiger partial charge in [-0.05, 0) is 251 Å². The Balaban J connectivity index is 0.000000145. The van der Waals surface area contributed by atoms with E-state index in [0.717, 1.165) is 93.2 Å². The number of H-pyrrole nitrogens is 4. The average molecular weight is 1720 g/mol. The van der Waals surface area contributed by atoms with Crippen LogP contribution >= 0.6 is 0 Å². The van der Waals surface area contributed by atoms with E-state index in [-0.39, 0.29) is 80.5 Å². The summed E-state index contributed by atoms with van der Waals surface area (Å²) >= 11 is 0. The zero-order valence-electron chi connectivity index (χ0n) is 72.7. The largest absolute Gasteiger partial charge is 0.464 e. The predicted molar refractivity (Wildman–Crippen MR) is 501 cm³/mol. The summed E-state index contributed by atoms with van der Waals surface area (Å²) in [7, 11) is 5.76. The zero-order chi connectivity index (χ0) is 89.1. The van der Waals surface area contributed by atoms with E-state index in [0.29, 0.717) is 92.3 Å². The molecule has 0 saturated carbocycles. The predicted octanol–water partition coefficient (Wildman–Crippen LogP) is 14.1. The van der Waals surface area contributed by atoms with Gasteiger partial charge in [-0.2, -0.15) is 4.98 Å². The number of hydrogen-bond donors (Lipinski definition) is 10. The average Bonchev–Trinajstić information content (AvgIpc) is 0.825. The molecule has 32 heteroatoms. The van der Waals surface area contributed by atoms with Crippen molar-refractivity contribution in [3.63, 3.8) is 0 Å². The Morgan fingerprint density at radius 3 is 1.14 bits per heavy atom. The van der Waals surface area contributed by atoms with Crippen LogP contribution in [0.1, 0.15) is 157 Å². The number of ether oxygens (including phenoxy) is 1. The number of aryl methyl sites for hydroxylation is 1. The summed E-state index contributed by atoms with van der Waals surface area (Å²) in [5.41, 5.74) is 11.0. The molecule has 0 radical (unpaired) electrons. The third kappa shape index (κ3) is 25.1. The van der Waals surface area contributed by atoms with E-state index in [1.54, 1.807) is 135 Å². The number of rotatable bonds is 24. The molecule has 4 amide bonds. The summed E-state index contributed by atoms with van der Waals surface area (Å²) in [4.78, 5) is 157. The van der Waals surface area contributed by atoms with Crippen molar-refractivity contribution in [2.75, 3.05) is 145 Å². The minimum atomic E-state index is -0.388. The minimum absolute atomic E-state index is 0.149. The molecule has 10 N–H and O–H groups in total. The van der Waals surface area contributed by atoms with Crippen molar-refractivity contribution in [3.05, 3.63) is 264 Å². The first-order valence-corrected chi connectivity index (χ1v) is 43.3. The standard InChI is InChI=1S/C25H31N7O2.C25H29N5O2.C23H25N5O3.C22H24N6O2/c1-31(2)15-12-27-25-26-11-10-21(30-25)19-16-22(24(34)28-17-19)29-23(33)18-6-8-20(9-7-18)32-13-4-3-5-14-32;1-16(2)23-27-17(3)13-21(28-23)19-14-22(25(32)26-15-19)29-24(31)18-7-9-20(10-8-18)30-11-5-4-6-12-30;1-2-31-23-24-11-10-19(27-23)17-14-20(22(30)25-15-17)26-21(29)16-6-8-18(9-7-16)28-12-4-3-5-13-28;1-23-19-9-10-24-20(27-19)16-13-18(22(30)25-14-16)26-21(29)15-5-7-17(8-6-15)28-11-3-2-4-12-28/h6-11,16-17H,3-5,12-15H2,1-2H3,(H,28,34)(H,29,33)(H,26,27,30);7-10,13-16H,4-6,11-12H2,1-3H3,(H,26,32)(H,29,31);6-11,14-15H,2-5,12-13H2,1H3,(H,25,30)(H,26,29);5-10,13-14H,2-4,11-12H2,1H3,(H,25,30)(H,26,29)(H,23,24,27). The van der Waals surface area contributed by atoms with Gasteiger partial charge >= 0.3 is 6.01 Å². The number of aromatic nitrogens is 12. The maximum atomic E-state index is 12.8. The smallest absolute Gasteiger partial charge is 0.316 e. The van der Waals surface area contributed by atoms with E-state index < -0.39 is 0 Å². The number of carbonyl (C=O) groups is 4. The molecule has 32 nitrogen and oxygen atoms in total. The highest BCUT2D eigenvalue weighted by Gasteiger charge is 2.22.